The van der Waals surface area contributed by atoms with Gasteiger partial charge in [-0.25, -0.2) is 0 Å². The van der Waals surface area contributed by atoms with Crippen LogP contribution in [0.15, 0.2) is 59.8 Å². The predicted octanol–water partition coefficient (Wildman–Crippen LogP) is 7.17. The van der Waals surface area contributed by atoms with Crippen LogP contribution in [0.2, 0.25) is 0 Å². The lowest BCUT2D eigenvalue weighted by Crippen LogP contribution is -1.85. The summed E-state index contributed by atoms with van der Waals surface area (Å²) in [4.78, 5) is 0. The van der Waals surface area contributed by atoms with Gasteiger partial charge in [-0.2, -0.15) is 0 Å². The van der Waals surface area contributed by atoms with Gasteiger partial charge < -0.3 is 0 Å². The van der Waals surface area contributed by atoms with Crippen LogP contribution < -0.4 is 0 Å². The molecule has 0 aromatic carbocycles. The molecule has 0 radical (unpaired) electrons. The molecule has 2 aliphatic rings. The van der Waals surface area contributed by atoms with Gasteiger partial charge in [-0.05, 0) is 53.4 Å². The van der Waals surface area contributed by atoms with Crippen LogP contribution in [-0.2, 0) is 0 Å². The van der Waals surface area contributed by atoms with Crippen LogP contribution in [0.4, 0.5) is 0 Å². The van der Waals surface area contributed by atoms with Crippen molar-refractivity contribution in [2.45, 2.75) is 67.2 Å². The summed E-state index contributed by atoms with van der Waals surface area (Å²) in [6.07, 6.45) is 13.9. The van der Waals surface area contributed by atoms with Crippen molar-refractivity contribution in [3.8, 4) is 0 Å². The minimum absolute atomic E-state index is 1.27. The lowest BCUT2D eigenvalue weighted by molar-refractivity contribution is 0.906. The zero-order valence-corrected chi connectivity index (χ0v) is 14.6. The van der Waals surface area contributed by atoms with Gasteiger partial charge in [-0.15, -0.1) is 13.2 Å². The molecule has 20 heavy (non-hydrogen) atoms. The maximum atomic E-state index is 3.00. The van der Waals surface area contributed by atoms with Crippen molar-refractivity contribution in [3.63, 3.8) is 0 Å². The summed E-state index contributed by atoms with van der Waals surface area (Å²) >= 11 is 0. The number of allylic oxidation sites excluding steroid dienone is 8. The molecule has 0 bridgehead atoms. The molecule has 0 aliphatic heterocycles. The standard InChI is InChI=1S/2C8H12.C2H6.C2H4/c2*1-7-3-5-8(2)6-4-7;2*1-2/h2*3,5H,4,6H2,1-2H3;1-2H3;1-2H2. The minimum atomic E-state index is 1.27. The predicted molar refractivity (Wildman–Crippen MR) is 96.1 cm³/mol. The Morgan fingerprint density at radius 2 is 0.700 bits per heavy atom. The Labute approximate surface area is 127 Å². The quantitative estimate of drug-likeness (QED) is 0.410. The Balaban J connectivity index is 0. The third-order valence-electron chi connectivity index (χ3n) is 3.13. The second kappa shape index (κ2) is 14.1. The SMILES string of the molecule is C=C.CC.CC1=CC=C(C)CC1.CC1=CC=C(C)CC1. The summed E-state index contributed by atoms with van der Waals surface area (Å²) in [7, 11) is 0. The molecule has 2 rings (SSSR count). The fraction of sp³-hybridized carbons (Fsp3) is 0.500. The van der Waals surface area contributed by atoms with Crippen molar-refractivity contribution >= 4 is 0 Å². The van der Waals surface area contributed by atoms with Gasteiger partial charge in [0.1, 0.15) is 0 Å². The van der Waals surface area contributed by atoms with Gasteiger partial charge in [0.05, 0.1) is 0 Å². The van der Waals surface area contributed by atoms with Crippen LogP contribution in [0, 0.1) is 0 Å². The molecule has 2 aliphatic carbocycles. The molecule has 114 valence electrons. The van der Waals surface area contributed by atoms with Crippen LogP contribution in [-0.4, -0.2) is 0 Å². The van der Waals surface area contributed by atoms with Gasteiger partial charge in [0, 0.05) is 0 Å². The molecule has 0 atom stereocenters. The minimum Gasteiger partial charge on any atom is -0.106 e. The molecule has 0 aromatic rings. The zero-order valence-electron chi connectivity index (χ0n) is 14.6. The maximum Gasteiger partial charge on any atom is -0.0283 e. The normalized spacial score (nSPS) is 16.3. The van der Waals surface area contributed by atoms with E-state index in [4.69, 9.17) is 0 Å². The molecule has 0 spiro atoms. The Kier molecular flexibility index (Phi) is 14.8. The van der Waals surface area contributed by atoms with Crippen molar-refractivity contribution in [1.82, 2.24) is 0 Å². The molecule has 0 aromatic heterocycles. The van der Waals surface area contributed by atoms with E-state index in [1.165, 1.54) is 48.0 Å². The monoisotopic (exact) mass is 274 g/mol. The third-order valence-corrected chi connectivity index (χ3v) is 3.13. The Hall–Kier alpha value is -1.30. The van der Waals surface area contributed by atoms with E-state index in [1.54, 1.807) is 0 Å². The summed E-state index contributed by atoms with van der Waals surface area (Å²) in [5.41, 5.74) is 6.04. The number of hydrogen-bond acceptors (Lipinski definition) is 0. The Morgan fingerprint density at radius 1 is 0.550 bits per heavy atom. The first-order valence-corrected chi connectivity index (χ1v) is 7.74. The van der Waals surface area contributed by atoms with E-state index in [0.717, 1.165) is 0 Å². The first kappa shape index (κ1) is 21.0. The van der Waals surface area contributed by atoms with E-state index in [1.807, 2.05) is 13.8 Å². The zero-order chi connectivity index (χ0) is 16.0. The molecule has 0 saturated heterocycles. The summed E-state index contributed by atoms with van der Waals surface area (Å²) < 4.78 is 0. The van der Waals surface area contributed by atoms with Gasteiger partial charge in [0.2, 0.25) is 0 Å². The summed E-state index contributed by atoms with van der Waals surface area (Å²) in [5, 5.41) is 0. The smallest absolute Gasteiger partial charge is 0.0283 e. The fourth-order valence-corrected chi connectivity index (χ4v) is 1.69. The van der Waals surface area contributed by atoms with Crippen molar-refractivity contribution in [2.75, 3.05) is 0 Å². The highest BCUT2D eigenvalue weighted by Crippen LogP contribution is 2.16. The average molecular weight is 274 g/mol. The highest BCUT2D eigenvalue weighted by molar-refractivity contribution is 5.21. The molecular weight excluding hydrogens is 240 g/mol. The Bertz CT molecular complexity index is 289. The summed E-state index contributed by atoms with van der Waals surface area (Å²) in [6.45, 7) is 18.7. The van der Waals surface area contributed by atoms with E-state index in [2.05, 4.69) is 65.2 Å². The van der Waals surface area contributed by atoms with Crippen LogP contribution in [0.25, 0.3) is 0 Å². The molecule has 0 N–H and O–H groups in total. The third kappa shape index (κ3) is 11.8. The van der Waals surface area contributed by atoms with Gasteiger partial charge in [-0.3, -0.25) is 0 Å². The van der Waals surface area contributed by atoms with Gasteiger partial charge in [0.25, 0.3) is 0 Å². The lowest BCUT2D eigenvalue weighted by Gasteiger charge is -2.05. The van der Waals surface area contributed by atoms with E-state index in [9.17, 15) is 0 Å². The fourth-order valence-electron chi connectivity index (χ4n) is 1.69. The van der Waals surface area contributed by atoms with E-state index < -0.39 is 0 Å². The van der Waals surface area contributed by atoms with Crippen molar-refractivity contribution < 1.29 is 0 Å². The second-order valence-electron chi connectivity index (χ2n) is 5.05. The molecule has 0 fully saturated rings. The molecule has 0 nitrogen and oxygen atoms in total. The first-order chi connectivity index (χ1) is 9.58. The highest BCUT2D eigenvalue weighted by Gasteiger charge is 1.96. The van der Waals surface area contributed by atoms with Gasteiger partial charge in [-0.1, -0.05) is 60.4 Å². The van der Waals surface area contributed by atoms with E-state index in [0.29, 0.717) is 0 Å². The van der Waals surface area contributed by atoms with Crippen LogP contribution >= 0.6 is 0 Å². The maximum absolute atomic E-state index is 3.00. The topological polar surface area (TPSA) is 0 Å². The van der Waals surface area contributed by atoms with Crippen molar-refractivity contribution in [1.29, 1.82) is 0 Å². The van der Waals surface area contributed by atoms with Crippen LogP contribution in [0.3, 0.4) is 0 Å². The lowest BCUT2D eigenvalue weighted by atomic mass is 10.0. The van der Waals surface area contributed by atoms with Gasteiger partial charge in [0.15, 0.2) is 0 Å². The molecule has 0 heteroatoms. The van der Waals surface area contributed by atoms with Crippen LogP contribution in [0.5, 0.6) is 0 Å². The largest absolute Gasteiger partial charge is 0.106 e. The summed E-state index contributed by atoms with van der Waals surface area (Å²) in [5.74, 6) is 0. The first-order valence-electron chi connectivity index (χ1n) is 7.74. The highest BCUT2D eigenvalue weighted by atomic mass is 14.0. The van der Waals surface area contributed by atoms with Crippen LogP contribution in [0.1, 0.15) is 67.2 Å². The second-order valence-corrected chi connectivity index (χ2v) is 5.05. The number of hydrogen-bond donors (Lipinski definition) is 0. The molecule has 0 unspecified atom stereocenters. The number of rotatable bonds is 0. The summed E-state index contributed by atoms with van der Waals surface area (Å²) in [6, 6.07) is 0. The molecular formula is C20H34. The molecule has 0 saturated carbocycles. The van der Waals surface area contributed by atoms with Crippen molar-refractivity contribution in [2.24, 2.45) is 0 Å². The van der Waals surface area contributed by atoms with E-state index in [-0.39, 0.29) is 0 Å². The average Bonchev–Trinajstić information content (AvgIpc) is 2.50. The molecule has 0 amide bonds. The van der Waals surface area contributed by atoms with E-state index >= 15 is 0 Å². The van der Waals surface area contributed by atoms with Crippen molar-refractivity contribution in [3.05, 3.63) is 59.8 Å². The van der Waals surface area contributed by atoms with Gasteiger partial charge >= 0.3 is 0 Å². The molecule has 0 heterocycles. The Morgan fingerprint density at radius 3 is 0.800 bits per heavy atom.